The van der Waals surface area contributed by atoms with Gasteiger partial charge in [-0.25, -0.2) is 19.7 Å². The van der Waals surface area contributed by atoms with Crippen molar-refractivity contribution in [2.45, 2.75) is 65.5 Å². The molecule has 0 fully saturated rings. The van der Waals surface area contributed by atoms with Crippen molar-refractivity contribution in [1.82, 2.24) is 19.5 Å². The van der Waals surface area contributed by atoms with Gasteiger partial charge in [-0.15, -0.1) is 0 Å². The lowest BCUT2D eigenvalue weighted by molar-refractivity contribution is 0.0371. The minimum absolute atomic E-state index is 0.140. The van der Waals surface area contributed by atoms with Gasteiger partial charge in [-0.2, -0.15) is 0 Å². The number of imidazole rings is 1. The molecule has 0 saturated heterocycles. The van der Waals surface area contributed by atoms with Gasteiger partial charge in [0.15, 0.2) is 25.5 Å². The highest BCUT2D eigenvalue weighted by Crippen LogP contribution is 2.37. The van der Waals surface area contributed by atoms with Gasteiger partial charge in [-0.05, 0) is 73.9 Å². The molecule has 0 radical (unpaired) electrons. The van der Waals surface area contributed by atoms with Crippen LogP contribution in [0.15, 0.2) is 54.7 Å². The van der Waals surface area contributed by atoms with E-state index in [1.165, 1.54) is 0 Å². The Morgan fingerprint density at radius 3 is 2.38 bits per heavy atom. The van der Waals surface area contributed by atoms with E-state index in [4.69, 9.17) is 19.9 Å². The third-order valence-corrected chi connectivity index (χ3v) is 11.2. The van der Waals surface area contributed by atoms with Crippen molar-refractivity contribution in [2.24, 2.45) is 0 Å². The Kier molecular flexibility index (Phi) is 7.21. The Labute approximate surface area is 219 Å². The number of fused-ring (bicyclic) bond motifs is 1. The summed E-state index contributed by atoms with van der Waals surface area (Å²) in [6.07, 6.45) is 1.39. The van der Waals surface area contributed by atoms with Gasteiger partial charge in [0, 0.05) is 11.9 Å². The SMILES string of the molecule is CC(C)OC(=O)c1ccc2nc(-c3cccnc3N)n(-c3ccc(CO[Si](C)(C)C(C)(C)C)cc3)c2n1. The van der Waals surface area contributed by atoms with Crippen molar-refractivity contribution in [2.75, 3.05) is 5.73 Å². The number of anilines is 1. The Bertz CT molecular complexity index is 1420. The van der Waals surface area contributed by atoms with Crippen LogP contribution in [0, 0.1) is 0 Å². The molecule has 0 aliphatic heterocycles. The van der Waals surface area contributed by atoms with Crippen LogP contribution in [0.2, 0.25) is 18.1 Å². The van der Waals surface area contributed by atoms with E-state index in [0.717, 1.165) is 11.3 Å². The summed E-state index contributed by atoms with van der Waals surface area (Å²) in [5.41, 5.74) is 10.2. The van der Waals surface area contributed by atoms with Crippen molar-refractivity contribution in [3.05, 3.63) is 66.0 Å². The number of rotatable bonds is 7. The number of aromatic nitrogens is 4. The Hall–Kier alpha value is -3.56. The summed E-state index contributed by atoms with van der Waals surface area (Å²) in [7, 11) is -1.87. The van der Waals surface area contributed by atoms with E-state index < -0.39 is 14.3 Å². The van der Waals surface area contributed by atoms with Crippen molar-refractivity contribution in [1.29, 1.82) is 0 Å². The molecule has 0 spiro atoms. The molecule has 1 aromatic carbocycles. The van der Waals surface area contributed by atoms with E-state index in [9.17, 15) is 4.79 Å². The number of nitrogen functional groups attached to an aromatic ring is 1. The molecular weight excluding hydrogens is 482 g/mol. The Morgan fingerprint density at radius 2 is 1.76 bits per heavy atom. The summed E-state index contributed by atoms with van der Waals surface area (Å²) >= 11 is 0. The minimum Gasteiger partial charge on any atom is -0.458 e. The molecule has 3 heterocycles. The second kappa shape index (κ2) is 10.1. The highest BCUT2D eigenvalue weighted by atomic mass is 28.4. The molecule has 0 amide bonds. The number of carbonyl (C=O) groups excluding carboxylic acids is 1. The molecule has 194 valence electrons. The molecule has 8 nitrogen and oxygen atoms in total. The number of ether oxygens (including phenoxy) is 1. The van der Waals surface area contributed by atoms with E-state index in [1.54, 1.807) is 32.2 Å². The number of hydrogen-bond acceptors (Lipinski definition) is 7. The molecule has 0 saturated carbocycles. The maximum absolute atomic E-state index is 12.6. The van der Waals surface area contributed by atoms with Crippen LogP contribution >= 0.6 is 0 Å². The van der Waals surface area contributed by atoms with Crippen molar-refractivity contribution < 1.29 is 14.0 Å². The number of nitrogens with zero attached hydrogens (tertiary/aromatic N) is 4. The largest absolute Gasteiger partial charge is 0.458 e. The maximum Gasteiger partial charge on any atom is 0.357 e. The number of pyridine rings is 2. The molecule has 4 rings (SSSR count). The number of benzene rings is 1. The third-order valence-electron chi connectivity index (χ3n) is 6.74. The van der Waals surface area contributed by atoms with Gasteiger partial charge in [0.1, 0.15) is 11.3 Å². The Balaban J connectivity index is 1.78. The summed E-state index contributed by atoms with van der Waals surface area (Å²) < 4.78 is 13.7. The molecule has 0 bridgehead atoms. The zero-order chi connectivity index (χ0) is 27.0. The van der Waals surface area contributed by atoms with Crippen LogP contribution in [0.3, 0.4) is 0 Å². The number of nitrogens with two attached hydrogens (primary N) is 1. The zero-order valence-corrected chi connectivity index (χ0v) is 23.6. The average Bonchev–Trinajstić information content (AvgIpc) is 3.20. The van der Waals surface area contributed by atoms with Crippen molar-refractivity contribution >= 4 is 31.3 Å². The summed E-state index contributed by atoms with van der Waals surface area (Å²) in [6.45, 7) is 15.4. The number of hydrogen-bond donors (Lipinski definition) is 1. The van der Waals surface area contributed by atoms with Crippen LogP contribution < -0.4 is 5.73 Å². The highest BCUT2D eigenvalue weighted by molar-refractivity contribution is 6.74. The monoisotopic (exact) mass is 517 g/mol. The summed E-state index contributed by atoms with van der Waals surface area (Å²) in [5, 5.41) is 0.140. The smallest absolute Gasteiger partial charge is 0.357 e. The molecule has 0 aliphatic carbocycles. The van der Waals surface area contributed by atoms with Gasteiger partial charge < -0.3 is 14.9 Å². The first-order valence-corrected chi connectivity index (χ1v) is 15.3. The first-order chi connectivity index (χ1) is 17.4. The van der Waals surface area contributed by atoms with Crippen LogP contribution in [0.1, 0.15) is 50.7 Å². The van der Waals surface area contributed by atoms with Gasteiger partial charge in [0.25, 0.3) is 0 Å². The zero-order valence-electron chi connectivity index (χ0n) is 22.6. The fraction of sp³-hybridized carbons (Fsp3) is 0.357. The summed E-state index contributed by atoms with van der Waals surface area (Å²) in [5.74, 6) is 0.468. The van der Waals surface area contributed by atoms with E-state index in [-0.39, 0.29) is 16.8 Å². The maximum atomic E-state index is 12.6. The molecule has 0 atom stereocenters. The first-order valence-electron chi connectivity index (χ1n) is 12.4. The Morgan fingerprint density at radius 1 is 1.05 bits per heavy atom. The van der Waals surface area contributed by atoms with Crippen LogP contribution in [0.5, 0.6) is 0 Å². The predicted octanol–water partition coefficient (Wildman–Crippen LogP) is 6.15. The van der Waals surface area contributed by atoms with E-state index in [0.29, 0.717) is 35.0 Å². The standard InChI is InChI=1S/C28H35N5O3Si/c1-18(2)36-27(34)23-15-14-22-26(32-23)33(25(31-22)21-9-8-16-30-24(21)29)20-12-10-19(11-13-20)17-35-37(6,7)28(3,4)5/h8-16,18H,17H2,1-7H3,(H2,29,30). The highest BCUT2D eigenvalue weighted by Gasteiger charge is 2.37. The van der Waals surface area contributed by atoms with Gasteiger partial charge in [0.05, 0.1) is 18.3 Å². The average molecular weight is 518 g/mol. The lowest BCUT2D eigenvalue weighted by Gasteiger charge is -2.36. The van der Waals surface area contributed by atoms with Crippen LogP contribution in [-0.2, 0) is 15.8 Å². The fourth-order valence-electron chi connectivity index (χ4n) is 3.60. The molecule has 3 aromatic heterocycles. The first kappa shape index (κ1) is 26.5. The second-order valence-corrected chi connectivity index (χ2v) is 15.7. The van der Waals surface area contributed by atoms with Crippen molar-refractivity contribution in [3.8, 4) is 17.1 Å². The summed E-state index contributed by atoms with van der Waals surface area (Å²) in [6, 6.07) is 15.2. The van der Waals surface area contributed by atoms with Crippen LogP contribution in [0.4, 0.5) is 5.82 Å². The van der Waals surface area contributed by atoms with E-state index >= 15 is 0 Å². The second-order valence-electron chi connectivity index (χ2n) is 10.9. The molecule has 4 aromatic rings. The van der Waals surface area contributed by atoms with Crippen LogP contribution in [0.25, 0.3) is 28.2 Å². The van der Waals surface area contributed by atoms with Gasteiger partial charge in [0.2, 0.25) is 0 Å². The number of carbonyl (C=O) groups is 1. The topological polar surface area (TPSA) is 105 Å². The molecule has 0 unspecified atom stereocenters. The van der Waals surface area contributed by atoms with Crippen LogP contribution in [-0.4, -0.2) is 39.9 Å². The molecular formula is C28H35N5O3Si. The predicted molar refractivity (Wildman–Crippen MR) is 149 cm³/mol. The quantitative estimate of drug-likeness (QED) is 0.231. The molecule has 9 heteroatoms. The lowest BCUT2D eigenvalue weighted by Crippen LogP contribution is -2.40. The molecule has 2 N–H and O–H groups in total. The molecule has 37 heavy (non-hydrogen) atoms. The van der Waals surface area contributed by atoms with Gasteiger partial charge >= 0.3 is 5.97 Å². The van der Waals surface area contributed by atoms with Gasteiger partial charge in [-0.3, -0.25) is 4.57 Å². The number of esters is 1. The van der Waals surface area contributed by atoms with Crippen molar-refractivity contribution in [3.63, 3.8) is 0 Å². The van der Waals surface area contributed by atoms with Gasteiger partial charge in [-0.1, -0.05) is 32.9 Å². The fourth-order valence-corrected chi connectivity index (χ4v) is 4.56. The van der Waals surface area contributed by atoms with E-state index in [2.05, 4.69) is 43.8 Å². The minimum atomic E-state index is -1.87. The molecule has 0 aliphatic rings. The normalized spacial score (nSPS) is 12.3. The third kappa shape index (κ3) is 5.57. The van der Waals surface area contributed by atoms with E-state index in [1.807, 2.05) is 41.0 Å². The summed E-state index contributed by atoms with van der Waals surface area (Å²) in [4.78, 5) is 26.3. The lowest BCUT2D eigenvalue weighted by atomic mass is 10.2.